The molecule has 0 unspecified atom stereocenters. The smallest absolute Gasteiger partial charge is 0.426 e. The third-order valence-electron chi connectivity index (χ3n) is 6.70. The van der Waals surface area contributed by atoms with E-state index in [0.717, 1.165) is 28.1 Å². The number of alkyl halides is 3. The second-order valence-corrected chi connectivity index (χ2v) is 11.1. The number of amides is 2. The van der Waals surface area contributed by atoms with Gasteiger partial charge in [0.05, 0.1) is 6.42 Å². The van der Waals surface area contributed by atoms with Gasteiger partial charge in [0, 0.05) is 31.3 Å². The Morgan fingerprint density at radius 1 is 0.886 bits per heavy atom. The van der Waals surface area contributed by atoms with Crippen LogP contribution in [0.2, 0.25) is 0 Å². The standard InChI is InChI=1S/C28H24N2O6.CHF3O3S/c1-29-22-8-4-2-6-20(22)27(21-7-3-5-9-23(21)29)28(34)35-19-13-10-18(11-14-19)12-17-26(33)36-30-24(31)15-16-25(30)32;2-1(3,4)8(5,6)7/h2-11,13-14,27H,12,15-17H2,1H3;(H,5,6,7). The molecule has 1 N–H and O–H groups in total. The van der Waals surface area contributed by atoms with Crippen LogP contribution in [0.1, 0.15) is 41.9 Å². The van der Waals surface area contributed by atoms with Gasteiger partial charge in [-0.15, -0.1) is 5.06 Å². The van der Waals surface area contributed by atoms with Crippen LogP contribution in [0.4, 0.5) is 24.5 Å². The summed E-state index contributed by atoms with van der Waals surface area (Å²) < 4.78 is 63.3. The first-order chi connectivity index (χ1) is 20.7. The number of aryl methyl sites for hydroxylation is 1. The van der Waals surface area contributed by atoms with Crippen molar-refractivity contribution >= 4 is 45.2 Å². The molecule has 3 aromatic carbocycles. The van der Waals surface area contributed by atoms with Crippen molar-refractivity contribution in [2.75, 3.05) is 11.9 Å². The number of hydroxylamine groups is 2. The van der Waals surface area contributed by atoms with E-state index in [1.54, 1.807) is 24.3 Å². The van der Waals surface area contributed by atoms with Crippen LogP contribution >= 0.6 is 0 Å². The number of esters is 1. The number of halogens is 3. The minimum atomic E-state index is -5.84. The normalized spacial score (nSPS) is 14.8. The third kappa shape index (κ3) is 7.23. The molecule has 3 aromatic rings. The maximum absolute atomic E-state index is 13.4. The van der Waals surface area contributed by atoms with Gasteiger partial charge in [-0.2, -0.15) is 21.6 Å². The zero-order valence-electron chi connectivity index (χ0n) is 23.0. The topological polar surface area (TPSA) is 148 Å². The van der Waals surface area contributed by atoms with E-state index in [4.69, 9.17) is 22.5 Å². The van der Waals surface area contributed by atoms with E-state index in [1.165, 1.54) is 0 Å². The molecule has 5 rings (SSSR count). The van der Waals surface area contributed by atoms with E-state index in [0.29, 0.717) is 17.2 Å². The highest BCUT2D eigenvalue weighted by Crippen LogP contribution is 2.45. The molecular formula is C29H25F3N2O9S. The highest BCUT2D eigenvalue weighted by Gasteiger charge is 2.44. The van der Waals surface area contributed by atoms with Gasteiger partial charge in [-0.3, -0.25) is 18.9 Å². The van der Waals surface area contributed by atoms with Crippen molar-refractivity contribution in [1.82, 2.24) is 5.06 Å². The van der Waals surface area contributed by atoms with Crippen LogP contribution in [-0.2, 0) is 40.6 Å². The SMILES string of the molecule is CN1c2ccccc2C(C(=O)Oc2ccc(CCC(=O)ON3C(=O)CCC3=O)cc2)c2ccccc21.O=S(=O)(O)C(F)(F)F. The fourth-order valence-electron chi connectivity index (χ4n) is 4.58. The number of carbonyl (C=O) groups excluding carboxylic acids is 4. The van der Waals surface area contributed by atoms with Crippen LogP contribution in [0, 0.1) is 0 Å². The lowest BCUT2D eigenvalue weighted by Gasteiger charge is -2.34. The Labute approximate surface area is 249 Å². The number of imide groups is 1. The molecule has 2 amide bonds. The van der Waals surface area contributed by atoms with Gasteiger partial charge in [0.25, 0.3) is 11.8 Å². The Hall–Kier alpha value is -4.76. The molecule has 1 saturated heterocycles. The minimum Gasteiger partial charge on any atom is -0.426 e. The van der Waals surface area contributed by atoms with Gasteiger partial charge in [0.1, 0.15) is 11.7 Å². The van der Waals surface area contributed by atoms with Gasteiger partial charge in [-0.1, -0.05) is 48.5 Å². The first-order valence-electron chi connectivity index (χ1n) is 13.0. The number of hydrogen-bond acceptors (Lipinski definition) is 9. The van der Waals surface area contributed by atoms with E-state index in [-0.39, 0.29) is 25.2 Å². The van der Waals surface area contributed by atoms with Gasteiger partial charge in [0.2, 0.25) is 0 Å². The Bertz CT molecular complexity index is 1630. The highest BCUT2D eigenvalue weighted by molar-refractivity contribution is 7.86. The number of anilines is 2. The number of para-hydroxylation sites is 2. The maximum Gasteiger partial charge on any atom is 0.522 e. The van der Waals surface area contributed by atoms with E-state index in [2.05, 4.69) is 4.90 Å². The number of benzene rings is 3. The Balaban J connectivity index is 0.000000488. The third-order valence-corrected chi connectivity index (χ3v) is 7.29. The minimum absolute atomic E-state index is 0.000641. The summed E-state index contributed by atoms with van der Waals surface area (Å²) in [6.07, 6.45) is 0.459. The molecule has 1 fully saturated rings. The molecular weight excluding hydrogens is 609 g/mol. The molecule has 0 saturated carbocycles. The molecule has 44 heavy (non-hydrogen) atoms. The lowest BCUT2D eigenvalue weighted by Crippen LogP contribution is -2.32. The van der Waals surface area contributed by atoms with Gasteiger partial charge < -0.3 is 14.5 Å². The van der Waals surface area contributed by atoms with Gasteiger partial charge >= 0.3 is 27.6 Å². The second-order valence-electron chi connectivity index (χ2n) is 9.64. The van der Waals surface area contributed by atoms with Gasteiger partial charge in [-0.25, -0.2) is 4.79 Å². The number of carbonyl (C=O) groups is 4. The predicted octanol–water partition coefficient (Wildman–Crippen LogP) is 4.44. The average molecular weight is 635 g/mol. The van der Waals surface area contributed by atoms with Crippen LogP contribution in [0.3, 0.4) is 0 Å². The molecule has 0 spiro atoms. The molecule has 2 aliphatic rings. The lowest BCUT2D eigenvalue weighted by atomic mass is 9.85. The van der Waals surface area contributed by atoms with E-state index in [1.807, 2.05) is 55.6 Å². The zero-order valence-corrected chi connectivity index (χ0v) is 23.8. The molecule has 0 radical (unpaired) electrons. The van der Waals surface area contributed by atoms with Crippen molar-refractivity contribution in [3.63, 3.8) is 0 Å². The van der Waals surface area contributed by atoms with Crippen molar-refractivity contribution in [2.45, 2.75) is 37.1 Å². The Morgan fingerprint density at radius 3 is 1.84 bits per heavy atom. The van der Waals surface area contributed by atoms with Crippen LogP contribution in [0.5, 0.6) is 5.75 Å². The summed E-state index contributed by atoms with van der Waals surface area (Å²) in [7, 11) is -3.86. The summed E-state index contributed by atoms with van der Waals surface area (Å²) in [4.78, 5) is 55.5. The van der Waals surface area contributed by atoms with Crippen molar-refractivity contribution in [1.29, 1.82) is 0 Å². The van der Waals surface area contributed by atoms with E-state index < -0.39 is 39.3 Å². The van der Waals surface area contributed by atoms with Crippen LogP contribution < -0.4 is 9.64 Å². The first kappa shape index (κ1) is 32.2. The Kier molecular flexibility index (Phi) is 9.39. The maximum atomic E-state index is 13.4. The van der Waals surface area contributed by atoms with Crippen LogP contribution in [0.25, 0.3) is 0 Å². The molecule has 0 aromatic heterocycles. The van der Waals surface area contributed by atoms with Crippen molar-refractivity contribution in [3.8, 4) is 5.75 Å². The Morgan fingerprint density at radius 2 is 1.36 bits per heavy atom. The highest BCUT2D eigenvalue weighted by atomic mass is 32.2. The molecule has 0 atom stereocenters. The van der Waals surface area contributed by atoms with Crippen LogP contribution in [0.15, 0.2) is 72.8 Å². The summed E-state index contributed by atoms with van der Waals surface area (Å²) in [6.45, 7) is 0. The summed E-state index contributed by atoms with van der Waals surface area (Å²) in [5, 5.41) is 0.546. The number of hydrogen-bond donors (Lipinski definition) is 1. The molecule has 232 valence electrons. The summed E-state index contributed by atoms with van der Waals surface area (Å²) in [5.41, 5.74) is -1.04. The number of rotatable bonds is 6. The largest absolute Gasteiger partial charge is 0.522 e. The number of ether oxygens (including phenoxy) is 1. The molecule has 11 nitrogen and oxygen atoms in total. The second kappa shape index (κ2) is 12.9. The fourth-order valence-corrected chi connectivity index (χ4v) is 4.58. The fraction of sp³-hybridized carbons (Fsp3) is 0.241. The van der Waals surface area contributed by atoms with Crippen molar-refractivity contribution < 1.29 is 54.9 Å². The first-order valence-corrected chi connectivity index (χ1v) is 14.4. The summed E-state index contributed by atoms with van der Waals surface area (Å²) in [5.74, 6) is -2.20. The average Bonchev–Trinajstić information content (AvgIpc) is 3.28. The molecule has 0 bridgehead atoms. The van der Waals surface area contributed by atoms with Gasteiger partial charge in [-0.05, 0) is 47.4 Å². The molecule has 2 heterocycles. The molecule has 0 aliphatic carbocycles. The van der Waals surface area contributed by atoms with Crippen molar-refractivity contribution in [3.05, 3.63) is 89.5 Å². The monoisotopic (exact) mass is 634 g/mol. The summed E-state index contributed by atoms with van der Waals surface area (Å²) >= 11 is 0. The lowest BCUT2D eigenvalue weighted by molar-refractivity contribution is -0.197. The summed E-state index contributed by atoms with van der Waals surface area (Å²) in [6, 6.07) is 22.5. The van der Waals surface area contributed by atoms with Crippen LogP contribution in [-0.4, -0.2) is 54.3 Å². The quantitative estimate of drug-likeness (QED) is 0.136. The number of fused-ring (bicyclic) bond motifs is 2. The zero-order chi connectivity index (χ0) is 32.2. The van der Waals surface area contributed by atoms with E-state index >= 15 is 0 Å². The molecule has 2 aliphatic heterocycles. The van der Waals surface area contributed by atoms with Gasteiger partial charge in [0.15, 0.2) is 0 Å². The predicted molar refractivity (Wildman–Crippen MR) is 148 cm³/mol. The van der Waals surface area contributed by atoms with E-state index in [9.17, 15) is 32.3 Å². The van der Waals surface area contributed by atoms with Crippen molar-refractivity contribution in [2.24, 2.45) is 0 Å². The number of nitrogens with zero attached hydrogens (tertiary/aromatic N) is 2. The molecule has 15 heteroatoms.